The molecule has 38 valence electrons. The maximum Gasteiger partial charge on any atom is 0.613 e. The Bertz CT molecular complexity index is 35.3. The Morgan fingerprint density at radius 2 is 1.33 bits per heavy atom. The molecule has 6 heteroatoms. The lowest BCUT2D eigenvalue weighted by molar-refractivity contribution is 0.506. The van der Waals surface area contributed by atoms with E-state index in [1.54, 1.807) is 0 Å². The zero-order valence-corrected chi connectivity index (χ0v) is 5.13. The van der Waals surface area contributed by atoms with E-state index in [1.165, 1.54) is 0 Å². The van der Waals surface area contributed by atoms with Gasteiger partial charge in [0.25, 0.3) is 0 Å². The van der Waals surface area contributed by atoms with Gasteiger partial charge in [-0.1, -0.05) is 0 Å². The second kappa shape index (κ2) is 1.74. The van der Waals surface area contributed by atoms with Crippen LogP contribution in [-0.4, -0.2) is 18.0 Å². The van der Waals surface area contributed by atoms with Gasteiger partial charge in [-0.15, -0.1) is 0 Å². The monoisotopic (exact) mass is 134 g/mol. The molecule has 0 aromatic carbocycles. The molecule has 0 saturated carbocycles. The molecule has 0 rings (SSSR count). The van der Waals surface area contributed by atoms with Crippen molar-refractivity contribution in [3.63, 3.8) is 0 Å². The summed E-state index contributed by atoms with van der Waals surface area (Å²) >= 11 is 0. The molecule has 0 N–H and O–H groups in total. The van der Waals surface area contributed by atoms with Crippen molar-refractivity contribution in [2.45, 2.75) is 0 Å². The van der Waals surface area contributed by atoms with E-state index < -0.39 is 18.0 Å². The Hall–Kier alpha value is 0.154. The van der Waals surface area contributed by atoms with Crippen molar-refractivity contribution in [3.05, 3.63) is 0 Å². The van der Waals surface area contributed by atoms with Crippen molar-refractivity contribution in [3.8, 4) is 0 Å². The minimum atomic E-state index is -5.66. The largest absolute Gasteiger partial charge is 0.613 e. The van der Waals surface area contributed by atoms with Gasteiger partial charge < -0.3 is 4.11 Å². The molecule has 0 aromatic rings. The van der Waals surface area contributed by atoms with Gasteiger partial charge in [0.1, 0.15) is 0 Å². The van der Waals surface area contributed by atoms with Crippen LogP contribution in [0.4, 0.5) is 16.4 Å². The summed E-state index contributed by atoms with van der Waals surface area (Å²) in [6.07, 6.45) is 0. The van der Waals surface area contributed by atoms with Gasteiger partial charge >= 0.3 is 18.0 Å². The van der Waals surface area contributed by atoms with Crippen LogP contribution < -0.4 is 0 Å². The van der Waals surface area contributed by atoms with E-state index in [-0.39, 0.29) is 0 Å². The fourth-order valence-corrected chi connectivity index (χ4v) is 0. The van der Waals surface area contributed by atoms with E-state index in [2.05, 4.69) is 0 Å². The molecule has 0 aliphatic rings. The van der Waals surface area contributed by atoms with Crippen LogP contribution in [0, 0.1) is 0 Å². The molecule has 0 heterocycles. The summed E-state index contributed by atoms with van der Waals surface area (Å²) in [4.78, 5) is 0. The van der Waals surface area contributed by atoms with Gasteiger partial charge in [0.05, 0.1) is 0 Å². The average Bonchev–Trinajstić information content (AvgIpc) is 1.35. The van der Waals surface area contributed by atoms with Gasteiger partial charge in [0.15, 0.2) is 0 Å². The van der Waals surface area contributed by atoms with E-state index in [0.717, 1.165) is 0 Å². The second-order valence-corrected chi connectivity index (χ2v) is 5.45. The number of halogens is 4. The highest BCUT2D eigenvalue weighted by atomic mass is 29.3. The smallest absolute Gasteiger partial charge is 0.316 e. The summed E-state index contributed by atoms with van der Waals surface area (Å²) in [6, 6.07) is 0. The third-order valence-electron chi connectivity index (χ3n) is 0.152. The van der Waals surface area contributed by atoms with Crippen molar-refractivity contribution in [2.75, 3.05) is 0 Å². The molecule has 0 aliphatic carbocycles. The second-order valence-electron chi connectivity index (χ2n) is 0.749. The zero-order valence-electron chi connectivity index (χ0n) is 2.72. The lowest BCUT2D eigenvalue weighted by Gasteiger charge is -1.87. The SMILES string of the molecule is F[SiH2][Si](F)(F)F. The van der Waals surface area contributed by atoms with Crippen molar-refractivity contribution < 1.29 is 16.4 Å². The molecule has 0 unspecified atom stereocenters. The minimum Gasteiger partial charge on any atom is -0.316 e. The Labute approximate surface area is 35.5 Å². The van der Waals surface area contributed by atoms with Crippen LogP contribution in [0.3, 0.4) is 0 Å². The third kappa shape index (κ3) is 4.15. The lowest BCUT2D eigenvalue weighted by Crippen LogP contribution is -2.21. The zero-order chi connectivity index (χ0) is 5.21. The molecule has 0 saturated heterocycles. The fraction of sp³-hybridized carbons (Fsp3) is 0. The molecule has 0 bridgehead atoms. The molecule has 0 atom stereocenters. The van der Waals surface area contributed by atoms with Crippen molar-refractivity contribution >= 4 is 18.0 Å². The summed E-state index contributed by atoms with van der Waals surface area (Å²) in [6.45, 7) is 0. The predicted molar refractivity (Wildman–Crippen MR) is 18.7 cm³/mol. The van der Waals surface area contributed by atoms with E-state index in [9.17, 15) is 16.4 Å². The highest BCUT2D eigenvalue weighted by Gasteiger charge is 2.37. The molecular weight excluding hydrogens is 132 g/mol. The third-order valence-corrected chi connectivity index (χ3v) is 1.36. The quantitative estimate of drug-likeness (QED) is 0.276. The number of rotatable bonds is 1. The summed E-state index contributed by atoms with van der Waals surface area (Å²) < 4.78 is 42.4. The van der Waals surface area contributed by atoms with E-state index in [0.29, 0.717) is 0 Å². The van der Waals surface area contributed by atoms with Gasteiger partial charge in [-0.05, 0) is 0 Å². The van der Waals surface area contributed by atoms with E-state index in [4.69, 9.17) is 0 Å². The summed E-state index contributed by atoms with van der Waals surface area (Å²) in [5, 5.41) is 0. The maximum atomic E-state index is 10.6. The van der Waals surface area contributed by atoms with Crippen molar-refractivity contribution in [1.29, 1.82) is 0 Å². The maximum absolute atomic E-state index is 10.6. The normalized spacial score (nSPS) is 14.0. The highest BCUT2D eigenvalue weighted by Crippen LogP contribution is 2.04. The van der Waals surface area contributed by atoms with Crippen LogP contribution in [-0.2, 0) is 0 Å². The standard InChI is InChI=1S/F4H2Si2/c1-5-6(2,3)4/h5H2. The first kappa shape index (κ1) is 6.15. The van der Waals surface area contributed by atoms with Crippen LogP contribution in [0.2, 0.25) is 0 Å². The lowest BCUT2D eigenvalue weighted by atomic mass is 18.7. The van der Waals surface area contributed by atoms with E-state index in [1.807, 2.05) is 0 Å². The summed E-state index contributed by atoms with van der Waals surface area (Å²) in [7, 11) is -8.77. The van der Waals surface area contributed by atoms with Crippen LogP contribution in [0.15, 0.2) is 0 Å². The Balaban J connectivity index is 3.17. The highest BCUT2D eigenvalue weighted by molar-refractivity contribution is 7.10. The van der Waals surface area contributed by atoms with Crippen molar-refractivity contribution in [2.24, 2.45) is 0 Å². The first-order valence-electron chi connectivity index (χ1n) is 1.19. The number of hydrogen-bond acceptors (Lipinski definition) is 0. The van der Waals surface area contributed by atoms with Gasteiger partial charge in [-0.25, -0.2) is 12.3 Å². The Morgan fingerprint density at radius 1 is 1.17 bits per heavy atom. The number of hydrogen-bond donors (Lipinski definition) is 0. The first-order chi connectivity index (χ1) is 2.56. The summed E-state index contributed by atoms with van der Waals surface area (Å²) in [5.74, 6) is 0. The van der Waals surface area contributed by atoms with Gasteiger partial charge in [0, 0.05) is 0 Å². The predicted octanol–water partition coefficient (Wildman–Crippen LogP) is 0.384. The minimum absolute atomic E-state index is 3.11. The molecular formula is H2F4Si2. The Morgan fingerprint density at radius 3 is 1.33 bits per heavy atom. The van der Waals surface area contributed by atoms with Crippen LogP contribution in [0.25, 0.3) is 0 Å². The Kier molecular flexibility index (Phi) is 1.78. The molecule has 0 aromatic heterocycles. The van der Waals surface area contributed by atoms with Crippen LogP contribution >= 0.6 is 0 Å². The molecule has 0 aliphatic heterocycles. The molecule has 0 nitrogen and oxygen atoms in total. The molecule has 0 fully saturated rings. The topological polar surface area (TPSA) is 0 Å². The molecule has 0 amide bonds. The van der Waals surface area contributed by atoms with Crippen LogP contribution in [0.1, 0.15) is 0 Å². The first-order valence-corrected chi connectivity index (χ1v) is 5.68. The van der Waals surface area contributed by atoms with Crippen LogP contribution in [0.5, 0.6) is 0 Å². The fourth-order valence-electron chi connectivity index (χ4n) is 0. The molecule has 0 spiro atoms. The van der Waals surface area contributed by atoms with Crippen molar-refractivity contribution in [1.82, 2.24) is 0 Å². The summed E-state index contributed by atoms with van der Waals surface area (Å²) in [5.41, 5.74) is 0. The average molecular weight is 134 g/mol. The van der Waals surface area contributed by atoms with Gasteiger partial charge in [-0.2, -0.15) is 0 Å². The van der Waals surface area contributed by atoms with Gasteiger partial charge in [0.2, 0.25) is 0 Å². The van der Waals surface area contributed by atoms with Gasteiger partial charge in [-0.3, -0.25) is 0 Å². The molecule has 0 radical (unpaired) electrons. The van der Waals surface area contributed by atoms with E-state index >= 15 is 0 Å². The molecule has 6 heavy (non-hydrogen) atoms.